The van der Waals surface area contributed by atoms with Gasteiger partial charge in [-0.3, -0.25) is 0 Å². The van der Waals surface area contributed by atoms with Crippen LogP contribution in [0.1, 0.15) is 16.7 Å². The van der Waals surface area contributed by atoms with Crippen LogP contribution in [-0.4, -0.2) is 50.0 Å². The molecule has 5 heteroatoms. The monoisotopic (exact) mass is 461 g/mol. The maximum absolute atomic E-state index is 7.00. The summed E-state index contributed by atoms with van der Waals surface area (Å²) in [7, 11) is 2.72. The molecule has 3 aromatic carbocycles. The molecule has 0 bridgehead atoms. The first-order valence-electron chi connectivity index (χ1n) is 9.65. The zero-order valence-electron chi connectivity index (χ0n) is 18.6. The quantitative estimate of drug-likeness (QED) is 0.306. The Bertz CT molecular complexity index is 882. The maximum atomic E-state index is 7.00. The third-order valence-electron chi connectivity index (χ3n) is 4.70. The van der Waals surface area contributed by atoms with Crippen molar-refractivity contribution in [2.45, 2.75) is 12.6 Å². The van der Waals surface area contributed by atoms with E-state index in [1.54, 1.807) is 0 Å². The van der Waals surface area contributed by atoms with E-state index in [2.05, 4.69) is 80.1 Å². The predicted molar refractivity (Wildman–Crippen MR) is 128 cm³/mol. The van der Waals surface area contributed by atoms with Crippen LogP contribution in [-0.2, 0) is 34.3 Å². The minimum Gasteiger partial charge on any atom is -0.400 e. The Morgan fingerprint density at radius 3 is 1.70 bits per heavy atom. The van der Waals surface area contributed by atoms with E-state index in [0.29, 0.717) is 0 Å². The second-order valence-electron chi connectivity index (χ2n) is 6.71. The largest absolute Gasteiger partial charge is 0.400 e. The first-order chi connectivity index (χ1) is 14.2. The molecule has 3 N–H and O–H groups in total. The van der Waals surface area contributed by atoms with Crippen molar-refractivity contribution >= 4 is 7.92 Å². The number of aliphatic hydroxyl groups excluding tert-OH is 3. The second-order valence-corrected chi connectivity index (χ2v) is 9.47. The molecule has 1 aliphatic rings. The van der Waals surface area contributed by atoms with E-state index < -0.39 is 0 Å². The summed E-state index contributed by atoms with van der Waals surface area (Å²) in [4.78, 5) is 0. The van der Waals surface area contributed by atoms with Crippen LogP contribution in [0.4, 0.5) is 0 Å². The van der Waals surface area contributed by atoms with Gasteiger partial charge < -0.3 is 15.3 Å². The van der Waals surface area contributed by atoms with Crippen molar-refractivity contribution in [1.82, 2.24) is 0 Å². The van der Waals surface area contributed by atoms with Crippen LogP contribution in [0.25, 0.3) is 22.3 Å². The fraction of sp³-hybridized carbons (Fsp3) is 0.280. The van der Waals surface area contributed by atoms with E-state index in [1.165, 1.54) is 45.1 Å². The van der Waals surface area contributed by atoms with Gasteiger partial charge in [-0.2, -0.15) is 0 Å². The van der Waals surface area contributed by atoms with E-state index in [-0.39, 0.29) is 29.6 Å². The summed E-state index contributed by atoms with van der Waals surface area (Å²) in [5, 5.41) is 21.0. The Hall–Kier alpha value is -1.32. The van der Waals surface area contributed by atoms with Crippen LogP contribution in [0.2, 0.25) is 0 Å². The van der Waals surface area contributed by atoms with Gasteiger partial charge >= 0.3 is 0 Å². The summed E-state index contributed by atoms with van der Waals surface area (Å²) >= 11 is 0. The van der Waals surface area contributed by atoms with Crippen LogP contribution in [0.3, 0.4) is 0 Å². The Balaban J connectivity index is 0.00000111. The molecule has 0 radical (unpaired) electrons. The van der Waals surface area contributed by atoms with Gasteiger partial charge in [-0.25, -0.2) is 0 Å². The zero-order chi connectivity index (χ0) is 21.8. The van der Waals surface area contributed by atoms with Crippen molar-refractivity contribution in [3.8, 4) is 22.3 Å². The van der Waals surface area contributed by atoms with E-state index in [4.69, 9.17) is 15.3 Å². The summed E-state index contributed by atoms with van der Waals surface area (Å²) in [6, 6.07) is 24.6. The van der Waals surface area contributed by atoms with E-state index in [1.807, 2.05) is 0 Å². The van der Waals surface area contributed by atoms with Crippen molar-refractivity contribution in [3.05, 3.63) is 83.4 Å². The maximum Gasteiger partial charge on any atom is 0.0820 e. The Kier molecular flexibility index (Phi) is 14.8. The molecule has 0 atom stereocenters. The molecule has 0 heterocycles. The molecule has 0 aliphatic heterocycles. The molecule has 3 nitrogen and oxygen atoms in total. The Labute approximate surface area is 197 Å². The summed E-state index contributed by atoms with van der Waals surface area (Å²) in [5.41, 5.74) is 10.2. The van der Waals surface area contributed by atoms with Gasteiger partial charge in [-0.1, -0.05) is 66.7 Å². The van der Waals surface area contributed by atoms with Gasteiger partial charge in [0.1, 0.15) is 0 Å². The number of hydrogen-bond acceptors (Lipinski definition) is 3. The van der Waals surface area contributed by atoms with Crippen LogP contribution >= 0.6 is 7.92 Å². The van der Waals surface area contributed by atoms with Gasteiger partial charge in [0.15, 0.2) is 0 Å². The molecule has 0 saturated carbocycles. The van der Waals surface area contributed by atoms with Gasteiger partial charge in [0.05, 0.1) is 6.16 Å². The number of rotatable bonds is 3. The summed E-state index contributed by atoms with van der Waals surface area (Å²) < 4.78 is 0. The fourth-order valence-electron chi connectivity index (χ4n) is 3.73. The molecule has 0 saturated heterocycles. The minimum absolute atomic E-state index is 0. The molecule has 0 aromatic heterocycles. The molecule has 0 unspecified atom stereocenters. The summed E-state index contributed by atoms with van der Waals surface area (Å²) in [6.45, 7) is 4.79. The van der Waals surface area contributed by atoms with Crippen molar-refractivity contribution in [3.63, 3.8) is 0 Å². The van der Waals surface area contributed by atoms with Crippen LogP contribution in [0, 0.1) is 0 Å². The third kappa shape index (κ3) is 6.85. The zero-order valence-corrected chi connectivity index (χ0v) is 21.2. The molecule has 1 aliphatic carbocycles. The van der Waals surface area contributed by atoms with Crippen LogP contribution in [0.15, 0.2) is 66.7 Å². The van der Waals surface area contributed by atoms with Gasteiger partial charge in [0.2, 0.25) is 0 Å². The van der Waals surface area contributed by atoms with Crippen molar-refractivity contribution in [1.29, 1.82) is 0 Å². The van der Waals surface area contributed by atoms with Crippen molar-refractivity contribution in [2.24, 2.45) is 0 Å². The molecular formula is C25H34O3PTi+. The van der Waals surface area contributed by atoms with Crippen LogP contribution < -0.4 is 0 Å². The molecule has 4 rings (SSSR count). The molecule has 0 fully saturated rings. The van der Waals surface area contributed by atoms with Crippen LogP contribution in [0.5, 0.6) is 0 Å². The third-order valence-corrected chi connectivity index (χ3v) is 5.79. The van der Waals surface area contributed by atoms with Crippen molar-refractivity contribution in [2.75, 3.05) is 34.7 Å². The minimum atomic E-state index is -0.283. The number of fused-ring (bicyclic) bond motifs is 3. The molecule has 160 valence electrons. The second kappa shape index (κ2) is 15.5. The number of hydrogen-bond donors (Lipinski definition) is 3. The normalized spacial score (nSPS) is 10.0. The first-order valence-corrected chi connectivity index (χ1v) is 12.4. The molecule has 30 heavy (non-hydrogen) atoms. The SMILES string of the molecule is CO.CO.CO.C[PH+](C)Cc1ccccc1-c1cccc2c1Cc1ccccc1-2.[Ti]. The average Bonchev–Trinajstić information content (AvgIpc) is 3.17. The number of aliphatic hydroxyl groups is 3. The van der Waals surface area contributed by atoms with E-state index in [9.17, 15) is 0 Å². The summed E-state index contributed by atoms with van der Waals surface area (Å²) in [5.74, 6) is 0. The van der Waals surface area contributed by atoms with E-state index >= 15 is 0 Å². The molecule has 0 spiro atoms. The predicted octanol–water partition coefficient (Wildman–Crippen LogP) is 4.72. The Morgan fingerprint density at radius 1 is 0.633 bits per heavy atom. The van der Waals surface area contributed by atoms with Gasteiger partial charge in [0.25, 0.3) is 0 Å². The molecule has 0 amide bonds. The van der Waals surface area contributed by atoms with Crippen molar-refractivity contribution < 1.29 is 37.0 Å². The van der Waals surface area contributed by atoms with Gasteiger partial charge in [0, 0.05) is 56.4 Å². The topological polar surface area (TPSA) is 60.7 Å². The average molecular weight is 461 g/mol. The number of benzene rings is 3. The summed E-state index contributed by atoms with van der Waals surface area (Å²) in [6.07, 6.45) is 2.30. The van der Waals surface area contributed by atoms with Gasteiger partial charge in [-0.05, 0) is 53.3 Å². The fourth-order valence-corrected chi connectivity index (χ4v) is 4.80. The molecular weight excluding hydrogens is 427 g/mol. The standard InChI is InChI=1S/C22H21P.3CH4O.Ti/c1-23(2)15-17-9-4-6-11-19(17)21-13-7-12-20-18-10-5-3-8-16(18)14-22(20)21;3*1-2;/h3-13H,14-15H2,1-2H3;3*2H,1H3;/p+1. The van der Waals surface area contributed by atoms with E-state index in [0.717, 1.165) is 27.8 Å². The smallest absolute Gasteiger partial charge is 0.0820 e. The Morgan fingerprint density at radius 2 is 1.10 bits per heavy atom. The first kappa shape index (κ1) is 28.7. The molecule has 3 aromatic rings. The van der Waals surface area contributed by atoms with Gasteiger partial charge in [-0.15, -0.1) is 0 Å².